The molecule has 0 saturated heterocycles. The first kappa shape index (κ1) is 15.6. The van der Waals surface area contributed by atoms with Crippen molar-refractivity contribution < 1.29 is 19.0 Å². The van der Waals surface area contributed by atoms with Crippen molar-refractivity contribution >= 4 is 12.0 Å². The highest BCUT2D eigenvalue weighted by Gasteiger charge is 2.14. The van der Waals surface area contributed by atoms with E-state index < -0.39 is 0 Å². The van der Waals surface area contributed by atoms with Crippen LogP contribution in [-0.2, 0) is 4.79 Å². The third-order valence-corrected chi connectivity index (χ3v) is 2.57. The Morgan fingerprint density at radius 1 is 1.20 bits per heavy atom. The zero-order valence-corrected chi connectivity index (χ0v) is 11.9. The fourth-order valence-corrected chi connectivity index (χ4v) is 1.65. The van der Waals surface area contributed by atoms with Crippen LogP contribution in [0.4, 0.5) is 0 Å². The summed E-state index contributed by atoms with van der Waals surface area (Å²) in [5.74, 6) is 1.36. The molecule has 0 aliphatic carbocycles. The molecule has 0 aromatic heterocycles. The molecule has 0 atom stereocenters. The topological polar surface area (TPSA) is 56.8 Å². The molecule has 1 amide bonds. The van der Waals surface area contributed by atoms with Gasteiger partial charge in [-0.3, -0.25) is 4.79 Å². The Morgan fingerprint density at radius 3 is 2.45 bits per heavy atom. The normalized spacial score (nSPS) is 10.2. The van der Waals surface area contributed by atoms with Gasteiger partial charge in [0.15, 0.2) is 11.5 Å². The molecule has 0 aliphatic rings. The highest BCUT2D eigenvalue weighted by molar-refractivity contribution is 5.92. The third-order valence-electron chi connectivity index (χ3n) is 2.57. The van der Waals surface area contributed by atoms with E-state index in [0.29, 0.717) is 23.8 Å². The molecule has 0 spiro atoms. The van der Waals surface area contributed by atoms with Crippen LogP contribution >= 0.6 is 0 Å². The van der Waals surface area contributed by atoms with Gasteiger partial charge in [0.1, 0.15) is 0 Å². The molecule has 5 heteroatoms. The summed E-state index contributed by atoms with van der Waals surface area (Å²) >= 11 is 0. The lowest BCUT2D eigenvalue weighted by molar-refractivity contribution is -0.116. The molecule has 1 N–H and O–H groups in total. The fourth-order valence-electron chi connectivity index (χ4n) is 1.65. The fraction of sp³-hybridized carbons (Fsp3) is 0.267. The predicted molar refractivity (Wildman–Crippen MR) is 78.3 cm³/mol. The molecule has 108 valence electrons. The van der Waals surface area contributed by atoms with E-state index in [1.54, 1.807) is 31.4 Å². The molecule has 0 heterocycles. The van der Waals surface area contributed by atoms with Crippen LogP contribution in [0.3, 0.4) is 0 Å². The molecule has 0 saturated carbocycles. The maximum Gasteiger partial charge on any atom is 0.244 e. The lowest BCUT2D eigenvalue weighted by Gasteiger charge is -2.13. The minimum atomic E-state index is -0.207. The van der Waals surface area contributed by atoms with Gasteiger partial charge in [-0.15, -0.1) is 6.58 Å². The van der Waals surface area contributed by atoms with Gasteiger partial charge in [-0.2, -0.15) is 0 Å². The summed E-state index contributed by atoms with van der Waals surface area (Å²) < 4.78 is 15.8. The number of ether oxygens (including phenoxy) is 3. The highest BCUT2D eigenvalue weighted by Crippen LogP contribution is 2.40. The average molecular weight is 277 g/mol. The molecular weight excluding hydrogens is 258 g/mol. The van der Waals surface area contributed by atoms with Crippen molar-refractivity contribution in [3.63, 3.8) is 0 Å². The smallest absolute Gasteiger partial charge is 0.244 e. The first-order valence-corrected chi connectivity index (χ1v) is 6.03. The molecule has 1 aromatic carbocycles. The molecule has 20 heavy (non-hydrogen) atoms. The number of nitrogens with one attached hydrogen (secondary N) is 1. The minimum absolute atomic E-state index is 0.207. The Morgan fingerprint density at radius 2 is 1.90 bits per heavy atom. The van der Waals surface area contributed by atoms with Crippen LogP contribution in [-0.4, -0.2) is 33.8 Å². The van der Waals surface area contributed by atoms with Crippen molar-refractivity contribution in [3.8, 4) is 17.2 Å². The SMILES string of the molecule is C=CCNC(=O)/C=C/c1ccc(OC)c(OC)c1OC. The second kappa shape index (κ2) is 7.89. The van der Waals surface area contributed by atoms with Gasteiger partial charge in [0, 0.05) is 18.2 Å². The highest BCUT2D eigenvalue weighted by atomic mass is 16.5. The number of carbonyl (C=O) groups is 1. The van der Waals surface area contributed by atoms with Crippen molar-refractivity contribution in [2.75, 3.05) is 27.9 Å². The van der Waals surface area contributed by atoms with E-state index in [-0.39, 0.29) is 5.91 Å². The number of benzene rings is 1. The van der Waals surface area contributed by atoms with Crippen LogP contribution in [0.15, 0.2) is 30.9 Å². The van der Waals surface area contributed by atoms with Crippen LogP contribution in [0.5, 0.6) is 17.2 Å². The first-order valence-electron chi connectivity index (χ1n) is 6.03. The van der Waals surface area contributed by atoms with Crippen LogP contribution in [0.25, 0.3) is 6.08 Å². The lowest BCUT2D eigenvalue weighted by atomic mass is 10.1. The van der Waals surface area contributed by atoms with E-state index in [0.717, 1.165) is 5.56 Å². The van der Waals surface area contributed by atoms with Crippen LogP contribution in [0, 0.1) is 0 Å². The van der Waals surface area contributed by atoms with Crippen LogP contribution in [0.1, 0.15) is 5.56 Å². The van der Waals surface area contributed by atoms with Gasteiger partial charge in [-0.05, 0) is 18.2 Å². The molecular formula is C15H19NO4. The second-order valence-corrected chi connectivity index (χ2v) is 3.79. The summed E-state index contributed by atoms with van der Waals surface area (Å²) in [5.41, 5.74) is 0.721. The quantitative estimate of drug-likeness (QED) is 0.612. The van der Waals surface area contributed by atoms with E-state index in [9.17, 15) is 4.79 Å². The van der Waals surface area contributed by atoms with Crippen molar-refractivity contribution in [1.29, 1.82) is 0 Å². The summed E-state index contributed by atoms with van der Waals surface area (Å²) in [6.07, 6.45) is 4.69. The third kappa shape index (κ3) is 3.78. The lowest BCUT2D eigenvalue weighted by Crippen LogP contribution is -2.20. The molecule has 0 radical (unpaired) electrons. The maximum absolute atomic E-state index is 11.5. The minimum Gasteiger partial charge on any atom is -0.493 e. The van der Waals surface area contributed by atoms with Gasteiger partial charge in [0.25, 0.3) is 0 Å². The Labute approximate surface area is 118 Å². The van der Waals surface area contributed by atoms with Gasteiger partial charge in [-0.1, -0.05) is 6.08 Å². The zero-order valence-electron chi connectivity index (χ0n) is 11.9. The summed E-state index contributed by atoms with van der Waals surface area (Å²) in [5, 5.41) is 2.65. The summed E-state index contributed by atoms with van der Waals surface area (Å²) in [6, 6.07) is 3.54. The summed E-state index contributed by atoms with van der Waals surface area (Å²) in [6.45, 7) is 3.95. The Balaban J connectivity index is 3.03. The molecule has 1 rings (SSSR count). The van der Waals surface area contributed by atoms with Gasteiger partial charge >= 0.3 is 0 Å². The van der Waals surface area contributed by atoms with E-state index in [1.807, 2.05) is 0 Å². The zero-order chi connectivity index (χ0) is 15.0. The van der Waals surface area contributed by atoms with E-state index in [2.05, 4.69) is 11.9 Å². The number of amides is 1. The number of carbonyl (C=O) groups excluding carboxylic acids is 1. The van der Waals surface area contributed by atoms with Crippen molar-refractivity contribution in [1.82, 2.24) is 5.32 Å². The van der Waals surface area contributed by atoms with Crippen molar-refractivity contribution in [3.05, 3.63) is 36.4 Å². The Kier molecular flexibility index (Phi) is 6.16. The van der Waals surface area contributed by atoms with Crippen molar-refractivity contribution in [2.24, 2.45) is 0 Å². The molecule has 0 fully saturated rings. The Bertz CT molecular complexity index is 509. The molecule has 0 aliphatic heterocycles. The molecule has 5 nitrogen and oxygen atoms in total. The first-order chi connectivity index (χ1) is 9.67. The number of methoxy groups -OCH3 is 3. The maximum atomic E-state index is 11.5. The van der Waals surface area contributed by atoms with Gasteiger partial charge in [0.05, 0.1) is 21.3 Å². The van der Waals surface area contributed by atoms with Crippen LogP contribution < -0.4 is 19.5 Å². The van der Waals surface area contributed by atoms with Gasteiger partial charge in [0.2, 0.25) is 11.7 Å². The predicted octanol–water partition coefficient (Wildman–Crippen LogP) is 2.03. The monoisotopic (exact) mass is 277 g/mol. The van der Waals surface area contributed by atoms with Crippen molar-refractivity contribution in [2.45, 2.75) is 0 Å². The standard InChI is InChI=1S/C15H19NO4/c1-5-10-16-13(17)9-7-11-6-8-12(18-2)15(20-4)14(11)19-3/h5-9H,1,10H2,2-4H3,(H,16,17)/b9-7+. The van der Waals surface area contributed by atoms with E-state index in [4.69, 9.17) is 14.2 Å². The number of hydrogen-bond donors (Lipinski definition) is 1. The second-order valence-electron chi connectivity index (χ2n) is 3.79. The number of hydrogen-bond acceptors (Lipinski definition) is 4. The molecule has 1 aromatic rings. The Hall–Kier alpha value is -2.43. The molecule has 0 unspecified atom stereocenters. The van der Waals surface area contributed by atoms with E-state index in [1.165, 1.54) is 20.3 Å². The van der Waals surface area contributed by atoms with Gasteiger partial charge < -0.3 is 19.5 Å². The van der Waals surface area contributed by atoms with E-state index >= 15 is 0 Å². The summed E-state index contributed by atoms with van der Waals surface area (Å²) in [4.78, 5) is 11.5. The number of rotatable bonds is 7. The van der Waals surface area contributed by atoms with Gasteiger partial charge in [-0.25, -0.2) is 0 Å². The summed E-state index contributed by atoms with van der Waals surface area (Å²) in [7, 11) is 4.62. The average Bonchev–Trinajstić information content (AvgIpc) is 2.49. The largest absolute Gasteiger partial charge is 0.493 e. The van der Waals surface area contributed by atoms with Crippen LogP contribution in [0.2, 0.25) is 0 Å². The molecule has 0 bridgehead atoms.